The lowest BCUT2D eigenvalue weighted by molar-refractivity contribution is -0.117. The lowest BCUT2D eigenvalue weighted by Gasteiger charge is -2.32. The van der Waals surface area contributed by atoms with Gasteiger partial charge in [-0.25, -0.2) is 0 Å². The quantitative estimate of drug-likeness (QED) is 0.461. The predicted molar refractivity (Wildman–Crippen MR) is 109 cm³/mol. The largest absolute Gasteiger partial charge is 0.350 e. The minimum Gasteiger partial charge on any atom is -0.350 e. The Kier molecular flexibility index (Phi) is 5.51. The molecule has 138 valence electrons. The molecular weight excluding hydrogens is 306 g/mol. The standard InChI is InChI=1S/C23H35NO/c1-17(2)24-22(25)16-19(4)11-8-10-18(3)13-14-21-20(5)12-9-15-23(21,6)7/h8,10-11,13-14,16-17H,9,12,15H2,1-7H3,(H,24,25)/i5D3,12D2. The molecule has 0 bridgehead atoms. The first-order valence-electron chi connectivity index (χ1n) is 11.3. The monoisotopic (exact) mass is 346 g/mol. The van der Waals surface area contributed by atoms with Crippen LogP contribution >= 0.6 is 0 Å². The molecule has 0 saturated heterocycles. The maximum Gasteiger partial charge on any atom is 0.244 e. The number of allylic oxidation sites excluding steroid dienone is 9. The predicted octanol–water partition coefficient (Wildman–Crippen LogP) is 6.04. The molecule has 0 unspecified atom stereocenters. The Hall–Kier alpha value is -1.83. The summed E-state index contributed by atoms with van der Waals surface area (Å²) in [5.41, 5.74) is 1.77. The average Bonchev–Trinajstić information content (AvgIpc) is 2.53. The van der Waals surface area contributed by atoms with Gasteiger partial charge in [-0.05, 0) is 70.3 Å². The van der Waals surface area contributed by atoms with Crippen LogP contribution in [0, 0.1) is 5.41 Å². The number of rotatable bonds is 6. The van der Waals surface area contributed by atoms with Crippen LogP contribution < -0.4 is 5.32 Å². The van der Waals surface area contributed by atoms with Gasteiger partial charge in [0.25, 0.3) is 0 Å². The number of hydrogen-bond donors (Lipinski definition) is 1. The molecule has 2 nitrogen and oxygen atoms in total. The van der Waals surface area contributed by atoms with E-state index in [-0.39, 0.29) is 23.9 Å². The van der Waals surface area contributed by atoms with Crippen molar-refractivity contribution in [1.29, 1.82) is 0 Å². The van der Waals surface area contributed by atoms with Crippen LogP contribution in [0.15, 0.2) is 58.7 Å². The molecular formula is C23H35NO. The number of carbonyl (C=O) groups is 1. The maximum absolute atomic E-state index is 11.7. The zero-order valence-corrected chi connectivity index (χ0v) is 16.4. The Labute approximate surface area is 161 Å². The van der Waals surface area contributed by atoms with Crippen LogP contribution in [0.25, 0.3) is 0 Å². The van der Waals surface area contributed by atoms with Gasteiger partial charge in [-0.3, -0.25) is 4.79 Å². The van der Waals surface area contributed by atoms with E-state index in [1.165, 1.54) is 6.08 Å². The zero-order chi connectivity index (χ0) is 23.3. The Morgan fingerprint density at radius 2 is 2.00 bits per heavy atom. The molecule has 1 rings (SSSR count). The number of amides is 1. The average molecular weight is 347 g/mol. The van der Waals surface area contributed by atoms with E-state index in [9.17, 15) is 4.79 Å². The smallest absolute Gasteiger partial charge is 0.244 e. The fraction of sp³-hybridized carbons (Fsp3) is 0.522. The molecule has 25 heavy (non-hydrogen) atoms. The summed E-state index contributed by atoms with van der Waals surface area (Å²) in [6.45, 7) is 8.99. The lowest BCUT2D eigenvalue weighted by Crippen LogP contribution is -2.28. The third-order valence-electron chi connectivity index (χ3n) is 4.07. The van der Waals surface area contributed by atoms with E-state index in [0.29, 0.717) is 12.0 Å². The highest BCUT2D eigenvalue weighted by Crippen LogP contribution is 2.40. The van der Waals surface area contributed by atoms with Crippen LogP contribution in [-0.4, -0.2) is 11.9 Å². The van der Waals surface area contributed by atoms with Gasteiger partial charge in [0.15, 0.2) is 0 Å². The van der Waals surface area contributed by atoms with Crippen LogP contribution in [0.4, 0.5) is 0 Å². The number of nitrogens with one attached hydrogen (secondary N) is 1. The highest BCUT2D eigenvalue weighted by Gasteiger charge is 2.26. The molecule has 0 heterocycles. The van der Waals surface area contributed by atoms with E-state index in [0.717, 1.165) is 11.1 Å². The summed E-state index contributed by atoms with van der Waals surface area (Å²) in [5, 5.41) is 2.80. The third kappa shape index (κ3) is 7.72. The highest BCUT2D eigenvalue weighted by atomic mass is 16.1. The molecule has 1 aliphatic carbocycles. The second-order valence-corrected chi connectivity index (χ2v) is 7.50. The molecule has 0 atom stereocenters. The van der Waals surface area contributed by atoms with Gasteiger partial charge in [0, 0.05) is 19.0 Å². The van der Waals surface area contributed by atoms with E-state index in [2.05, 4.69) is 5.32 Å². The summed E-state index contributed by atoms with van der Waals surface area (Å²) < 4.78 is 40.1. The van der Waals surface area contributed by atoms with Crippen molar-refractivity contribution in [3.8, 4) is 0 Å². The van der Waals surface area contributed by atoms with Crippen molar-refractivity contribution in [2.24, 2.45) is 5.41 Å². The SMILES string of the molecule is [2H]C([2H])([2H])C1=C(C=CC(C)=CC=CC(C)=CC(=O)NC(C)C)C(C)(C)CCC1([2H])[2H]. The van der Waals surface area contributed by atoms with Crippen molar-refractivity contribution in [3.05, 3.63) is 58.7 Å². The van der Waals surface area contributed by atoms with Gasteiger partial charge >= 0.3 is 0 Å². The number of hydrogen-bond acceptors (Lipinski definition) is 1. The van der Waals surface area contributed by atoms with Crippen molar-refractivity contribution < 1.29 is 11.6 Å². The van der Waals surface area contributed by atoms with Gasteiger partial charge in [-0.15, -0.1) is 0 Å². The normalized spacial score (nSPS) is 24.8. The summed E-state index contributed by atoms with van der Waals surface area (Å²) >= 11 is 0. The van der Waals surface area contributed by atoms with Crippen molar-refractivity contribution in [2.75, 3.05) is 0 Å². The molecule has 0 fully saturated rings. The Morgan fingerprint density at radius 1 is 1.28 bits per heavy atom. The third-order valence-corrected chi connectivity index (χ3v) is 4.07. The number of carbonyl (C=O) groups excluding carboxylic acids is 1. The fourth-order valence-corrected chi connectivity index (χ4v) is 2.58. The summed E-state index contributed by atoms with van der Waals surface area (Å²) in [6.07, 6.45) is 9.59. The summed E-state index contributed by atoms with van der Waals surface area (Å²) in [7, 11) is 0. The van der Waals surface area contributed by atoms with Crippen LogP contribution in [0.2, 0.25) is 0 Å². The van der Waals surface area contributed by atoms with Gasteiger partial charge in [-0.2, -0.15) is 0 Å². The zero-order valence-electron chi connectivity index (χ0n) is 21.4. The van der Waals surface area contributed by atoms with Gasteiger partial charge in [0.05, 0.1) is 0 Å². The second-order valence-electron chi connectivity index (χ2n) is 7.50. The molecule has 0 saturated carbocycles. The summed E-state index contributed by atoms with van der Waals surface area (Å²) in [4.78, 5) is 11.7. The van der Waals surface area contributed by atoms with E-state index in [1.54, 1.807) is 6.08 Å². The molecule has 0 spiro atoms. The molecule has 0 aromatic rings. The van der Waals surface area contributed by atoms with Crippen molar-refractivity contribution >= 4 is 5.91 Å². The molecule has 1 amide bonds. The van der Waals surface area contributed by atoms with Gasteiger partial charge in [0.1, 0.15) is 0 Å². The van der Waals surface area contributed by atoms with E-state index >= 15 is 0 Å². The molecule has 0 radical (unpaired) electrons. The van der Waals surface area contributed by atoms with E-state index < -0.39 is 18.6 Å². The fourth-order valence-electron chi connectivity index (χ4n) is 2.58. The first kappa shape index (κ1) is 14.4. The molecule has 0 aliphatic heterocycles. The lowest BCUT2D eigenvalue weighted by atomic mass is 9.72. The van der Waals surface area contributed by atoms with Crippen molar-refractivity contribution in [1.82, 2.24) is 5.32 Å². The molecule has 1 N–H and O–H groups in total. The highest BCUT2D eigenvalue weighted by molar-refractivity contribution is 5.88. The molecule has 0 aromatic heterocycles. The van der Waals surface area contributed by atoms with E-state index in [4.69, 9.17) is 6.85 Å². The minimum atomic E-state index is -2.48. The van der Waals surface area contributed by atoms with Gasteiger partial charge in [-0.1, -0.05) is 55.4 Å². The van der Waals surface area contributed by atoms with Crippen LogP contribution in [0.3, 0.4) is 0 Å². The molecule has 1 aliphatic rings. The Morgan fingerprint density at radius 3 is 2.64 bits per heavy atom. The Bertz CT molecular complexity index is 793. The Balaban J connectivity index is 3.11. The molecule has 2 heteroatoms. The second kappa shape index (κ2) is 9.60. The van der Waals surface area contributed by atoms with Crippen molar-refractivity contribution in [2.45, 2.75) is 73.7 Å². The topological polar surface area (TPSA) is 29.1 Å². The first-order chi connectivity index (χ1) is 13.6. The first-order valence-corrected chi connectivity index (χ1v) is 8.84. The summed E-state index contributed by atoms with van der Waals surface area (Å²) in [6, 6.07) is 0.0853. The summed E-state index contributed by atoms with van der Waals surface area (Å²) in [5.74, 6) is -0.134. The van der Waals surface area contributed by atoms with Crippen LogP contribution in [-0.2, 0) is 4.79 Å². The van der Waals surface area contributed by atoms with E-state index in [1.807, 2.05) is 65.8 Å². The maximum atomic E-state index is 11.7. The van der Waals surface area contributed by atoms with Crippen LogP contribution in [0.1, 0.15) is 74.5 Å². The molecule has 0 aromatic carbocycles. The van der Waals surface area contributed by atoms with Crippen LogP contribution in [0.5, 0.6) is 0 Å². The van der Waals surface area contributed by atoms with Crippen molar-refractivity contribution in [3.63, 3.8) is 0 Å². The minimum absolute atomic E-state index is 0.0826. The van der Waals surface area contributed by atoms with Gasteiger partial charge in [0.2, 0.25) is 5.91 Å². The van der Waals surface area contributed by atoms with Gasteiger partial charge < -0.3 is 5.32 Å².